The number of ether oxygens (including phenoxy) is 6. The molecule has 9 nitrogen and oxygen atoms in total. The van der Waals surface area contributed by atoms with E-state index in [9.17, 15) is 0 Å². The van der Waals surface area contributed by atoms with Crippen molar-refractivity contribution in [1.29, 1.82) is 0 Å². The largest absolute Gasteiger partial charge is 0.468 e. The van der Waals surface area contributed by atoms with Crippen LogP contribution < -0.4 is 54.8 Å². The molecular weight excluding hydrogens is 679 g/mol. The van der Waals surface area contributed by atoms with E-state index in [1.807, 2.05) is 6.07 Å². The van der Waals surface area contributed by atoms with Gasteiger partial charge in [0.05, 0.1) is 22.7 Å². The van der Waals surface area contributed by atoms with Gasteiger partial charge in [0, 0.05) is 40.1 Å². The molecule has 0 saturated heterocycles. The van der Waals surface area contributed by atoms with E-state index in [0.29, 0.717) is 11.5 Å². The summed E-state index contributed by atoms with van der Waals surface area (Å²) in [7, 11) is 0. The van der Waals surface area contributed by atoms with Crippen molar-refractivity contribution in [2.75, 3.05) is 30.2 Å². The zero-order chi connectivity index (χ0) is 36.8. The predicted molar refractivity (Wildman–Crippen MR) is 211 cm³/mol. The van der Waals surface area contributed by atoms with Crippen LogP contribution in [-0.4, -0.2) is 27.1 Å². The average molecular weight is 719 g/mol. The molecule has 0 aliphatic carbocycles. The molecule has 0 saturated carbocycles. The molecule has 5 aromatic carbocycles. The second-order valence-corrected chi connectivity index (χ2v) is 16.2. The number of hydrogen-bond acceptors (Lipinski definition) is 9. The van der Waals surface area contributed by atoms with Crippen LogP contribution in [0.15, 0.2) is 71.1 Å². The fraction of sp³-hybridized carbons (Fsp3) is 0.273. The monoisotopic (exact) mass is 718 g/mol. The Morgan fingerprint density at radius 1 is 0.648 bits per heavy atom. The van der Waals surface area contributed by atoms with Gasteiger partial charge < -0.3 is 42.6 Å². The molecule has 0 spiro atoms. The second-order valence-electron chi connectivity index (χ2n) is 16.2. The van der Waals surface area contributed by atoms with Gasteiger partial charge in [-0.05, 0) is 101 Å². The van der Waals surface area contributed by atoms with Gasteiger partial charge in [0.1, 0.15) is 5.58 Å². The summed E-state index contributed by atoms with van der Waals surface area (Å²) in [6.07, 6.45) is 0. The zero-order valence-corrected chi connectivity index (χ0v) is 31.4. The molecule has 0 amide bonds. The smallest absolute Gasteiger partial charge is 0.297 e. The number of fused-ring (bicyclic) bond motifs is 9. The summed E-state index contributed by atoms with van der Waals surface area (Å²) in [5.74, 6) is 4.67. The second kappa shape index (κ2) is 10.8. The lowest BCUT2D eigenvalue weighted by atomic mass is 9.35. The normalized spacial score (nSPS) is 15.7. The number of nitrogens with zero attached hydrogens (tertiary/aromatic N) is 2. The van der Waals surface area contributed by atoms with Crippen LogP contribution in [-0.2, 0) is 5.41 Å². The SMILES string of the molecule is Cc1cc2c(c(C)c1N1c3cc(C(C)C)cc4c3B(c3cc5c(cc3N4c3ccc4c(c3)OCO4)OCO5)c3oc4ccc(C(C)(C)C)cc4c31)OCO2. The Hall–Kier alpha value is -5.90. The van der Waals surface area contributed by atoms with Gasteiger partial charge in [-0.2, -0.15) is 0 Å². The fourth-order valence-electron chi connectivity index (χ4n) is 8.93. The van der Waals surface area contributed by atoms with Crippen molar-refractivity contribution in [1.82, 2.24) is 0 Å². The van der Waals surface area contributed by atoms with E-state index in [1.54, 1.807) is 0 Å². The molecule has 11 rings (SSSR count). The first kappa shape index (κ1) is 31.6. The minimum Gasteiger partial charge on any atom is -0.468 e. The Bertz CT molecular complexity index is 2620. The maximum Gasteiger partial charge on any atom is 0.297 e. The lowest BCUT2D eigenvalue weighted by Gasteiger charge is -2.43. The lowest BCUT2D eigenvalue weighted by Crippen LogP contribution is -2.61. The average Bonchev–Trinajstić information content (AvgIpc) is 3.96. The number of hydrogen-bond donors (Lipinski definition) is 0. The molecule has 270 valence electrons. The highest BCUT2D eigenvalue weighted by Gasteiger charge is 2.48. The van der Waals surface area contributed by atoms with Crippen LogP contribution in [0, 0.1) is 13.8 Å². The van der Waals surface area contributed by atoms with Crippen LogP contribution in [0.4, 0.5) is 34.1 Å². The van der Waals surface area contributed by atoms with E-state index in [2.05, 4.69) is 119 Å². The Balaban J connectivity index is 1.29. The summed E-state index contributed by atoms with van der Waals surface area (Å²) in [6, 6.07) is 23.9. The van der Waals surface area contributed by atoms with Crippen molar-refractivity contribution in [3.63, 3.8) is 0 Å². The Kier molecular flexibility index (Phi) is 6.35. The van der Waals surface area contributed by atoms with Gasteiger partial charge in [-0.15, -0.1) is 0 Å². The highest BCUT2D eigenvalue weighted by molar-refractivity contribution is 7.00. The lowest BCUT2D eigenvalue weighted by molar-refractivity contribution is 0.173. The molecule has 0 bridgehead atoms. The van der Waals surface area contributed by atoms with Gasteiger partial charge in [-0.1, -0.05) is 40.7 Å². The maximum atomic E-state index is 7.16. The molecule has 5 aliphatic rings. The van der Waals surface area contributed by atoms with Crippen LogP contribution >= 0.6 is 0 Å². The number of aryl methyl sites for hydroxylation is 1. The Labute approximate surface area is 314 Å². The maximum absolute atomic E-state index is 7.16. The minimum atomic E-state index is -0.252. The number of rotatable bonds is 3. The van der Waals surface area contributed by atoms with Crippen LogP contribution in [0.1, 0.15) is 62.8 Å². The van der Waals surface area contributed by atoms with Crippen molar-refractivity contribution in [2.45, 2.75) is 59.8 Å². The summed E-state index contributed by atoms with van der Waals surface area (Å²) in [6.45, 7) is 15.9. The summed E-state index contributed by atoms with van der Waals surface area (Å²) in [5, 5.41) is 1.07. The molecule has 0 N–H and O–H groups in total. The van der Waals surface area contributed by atoms with Crippen molar-refractivity contribution >= 4 is 68.4 Å². The van der Waals surface area contributed by atoms with Crippen molar-refractivity contribution in [2.24, 2.45) is 0 Å². The number of benzene rings is 5. The Morgan fingerprint density at radius 2 is 1.33 bits per heavy atom. The van der Waals surface area contributed by atoms with E-state index in [-0.39, 0.29) is 38.4 Å². The topological polar surface area (TPSA) is 75.0 Å². The summed E-state index contributed by atoms with van der Waals surface area (Å²) < 4.78 is 43.0. The Morgan fingerprint density at radius 3 is 2.09 bits per heavy atom. The molecule has 6 heterocycles. The molecular formula is C44H39BN2O7. The minimum absolute atomic E-state index is 0.0707. The van der Waals surface area contributed by atoms with Crippen molar-refractivity contribution in [3.05, 3.63) is 89.0 Å². The van der Waals surface area contributed by atoms with E-state index in [0.717, 1.165) is 95.8 Å². The summed E-state index contributed by atoms with van der Waals surface area (Å²) in [4.78, 5) is 4.78. The third-order valence-electron chi connectivity index (χ3n) is 11.6. The molecule has 10 heteroatoms. The summed E-state index contributed by atoms with van der Waals surface area (Å²) >= 11 is 0. The van der Waals surface area contributed by atoms with Crippen LogP contribution in [0.5, 0.6) is 34.5 Å². The van der Waals surface area contributed by atoms with E-state index < -0.39 is 0 Å². The molecule has 0 unspecified atom stereocenters. The highest BCUT2D eigenvalue weighted by atomic mass is 16.7. The first-order valence-electron chi connectivity index (χ1n) is 18.6. The van der Waals surface area contributed by atoms with Crippen molar-refractivity contribution in [3.8, 4) is 34.5 Å². The van der Waals surface area contributed by atoms with E-state index in [1.165, 1.54) is 11.1 Å². The molecule has 0 fully saturated rings. The zero-order valence-electron chi connectivity index (χ0n) is 31.4. The number of anilines is 6. The van der Waals surface area contributed by atoms with Gasteiger partial charge in [0.25, 0.3) is 6.71 Å². The van der Waals surface area contributed by atoms with Crippen LogP contribution in [0.25, 0.3) is 11.0 Å². The van der Waals surface area contributed by atoms with E-state index in [4.69, 9.17) is 32.8 Å². The third kappa shape index (κ3) is 4.28. The summed E-state index contributed by atoms with van der Waals surface area (Å²) in [5.41, 5.74) is 14.6. The quantitative estimate of drug-likeness (QED) is 0.167. The van der Waals surface area contributed by atoms with Gasteiger partial charge in [0.2, 0.25) is 20.4 Å². The molecule has 54 heavy (non-hydrogen) atoms. The number of furan rings is 1. The highest BCUT2D eigenvalue weighted by Crippen LogP contribution is 2.53. The third-order valence-corrected chi connectivity index (χ3v) is 11.6. The van der Waals surface area contributed by atoms with Gasteiger partial charge in [-0.25, -0.2) is 0 Å². The molecule has 0 atom stereocenters. The van der Waals surface area contributed by atoms with Gasteiger partial charge >= 0.3 is 0 Å². The first-order valence-corrected chi connectivity index (χ1v) is 18.6. The molecule has 1 aromatic heterocycles. The fourth-order valence-corrected chi connectivity index (χ4v) is 8.93. The molecule has 6 aromatic rings. The van der Waals surface area contributed by atoms with E-state index >= 15 is 0 Å². The van der Waals surface area contributed by atoms with Gasteiger partial charge in [-0.3, -0.25) is 0 Å². The standard InChI is InChI=1S/C44H39BN2O7/c1-22(2)25-13-31-39-32(14-25)47(40-23(3)12-38-42(24(40)4)53-21-52-38)41-28-15-26(44(5,6)7)8-10-33(28)54-43(41)45(39)29-17-36-37(51-20-50-36)18-30(29)46(31)27-9-11-34-35(16-27)49-19-48-34/h8-18,22H,19-21H2,1-7H3. The molecule has 0 radical (unpaired) electrons. The van der Waals surface area contributed by atoms with Crippen LogP contribution in [0.3, 0.4) is 0 Å². The predicted octanol–water partition coefficient (Wildman–Crippen LogP) is 8.74. The van der Waals surface area contributed by atoms with Gasteiger partial charge in [0.15, 0.2) is 34.5 Å². The first-order chi connectivity index (χ1) is 26.0. The van der Waals surface area contributed by atoms with Crippen LogP contribution in [0.2, 0.25) is 0 Å². The molecule has 5 aliphatic heterocycles. The van der Waals surface area contributed by atoms with Crippen molar-refractivity contribution < 1.29 is 32.8 Å².